The number of allylic oxidation sites excluding steroid dienone is 2. The van der Waals surface area contributed by atoms with Crippen molar-refractivity contribution >= 4 is 11.4 Å². The van der Waals surface area contributed by atoms with Crippen LogP contribution in [0.25, 0.3) is 0 Å². The first kappa shape index (κ1) is 17.7. The second-order valence-electron chi connectivity index (χ2n) is 5.44. The molecule has 0 N–H and O–H groups in total. The van der Waals surface area contributed by atoms with Crippen LogP contribution in [0, 0.1) is 0 Å². The summed E-state index contributed by atoms with van der Waals surface area (Å²) in [6, 6.07) is 9.52. The van der Waals surface area contributed by atoms with Crippen LogP contribution in [0.15, 0.2) is 62.2 Å². The van der Waals surface area contributed by atoms with Crippen molar-refractivity contribution in [1.82, 2.24) is 5.16 Å². The lowest BCUT2D eigenvalue weighted by atomic mass is 9.98. The summed E-state index contributed by atoms with van der Waals surface area (Å²) in [5.41, 5.74) is 3.66. The highest BCUT2D eigenvalue weighted by Gasteiger charge is 2.22. The third-order valence-electron chi connectivity index (χ3n) is 3.44. The van der Waals surface area contributed by atoms with Crippen LogP contribution in [0.5, 0.6) is 11.5 Å². The molecule has 1 aromatic carbocycles. The van der Waals surface area contributed by atoms with Gasteiger partial charge in [0.2, 0.25) is 5.76 Å². The summed E-state index contributed by atoms with van der Waals surface area (Å²) in [5, 5.41) is 3.89. The van der Waals surface area contributed by atoms with Gasteiger partial charge < -0.3 is 9.26 Å². The highest BCUT2D eigenvalue weighted by atomic mass is 16.5. The fraction of sp³-hybridized carbons (Fsp3) is 0.316. The molecule has 126 valence electrons. The number of ether oxygens (including phenoxy) is 1. The molecule has 0 radical (unpaired) electrons. The van der Waals surface area contributed by atoms with Crippen LogP contribution < -0.4 is 4.74 Å². The summed E-state index contributed by atoms with van der Waals surface area (Å²) in [4.78, 5) is 8.94. The number of hydrogen-bond acceptors (Lipinski definition) is 5. The average Bonchev–Trinajstić information content (AvgIpc) is 3.01. The van der Waals surface area contributed by atoms with Gasteiger partial charge in [0.15, 0.2) is 5.75 Å². The van der Waals surface area contributed by atoms with Crippen molar-refractivity contribution < 1.29 is 9.26 Å². The fourth-order valence-electron chi connectivity index (χ4n) is 2.49. The smallest absolute Gasteiger partial charge is 0.227 e. The molecule has 0 aliphatic carbocycles. The molecule has 24 heavy (non-hydrogen) atoms. The number of aromatic nitrogens is 1. The SMILES string of the molecule is CCN=C(C)C(C(=NC)c1oncc1Oc1ccccc1)=C(C)C. The van der Waals surface area contributed by atoms with Gasteiger partial charge in [-0.05, 0) is 39.8 Å². The predicted molar refractivity (Wildman–Crippen MR) is 97.5 cm³/mol. The van der Waals surface area contributed by atoms with E-state index in [1.165, 1.54) is 0 Å². The predicted octanol–water partition coefficient (Wildman–Crippen LogP) is 4.70. The van der Waals surface area contributed by atoms with Gasteiger partial charge in [0.05, 0.1) is 0 Å². The Balaban J connectivity index is 2.44. The average molecular weight is 325 g/mol. The topological polar surface area (TPSA) is 60.0 Å². The summed E-state index contributed by atoms with van der Waals surface area (Å²) >= 11 is 0. The molecule has 5 heteroatoms. The van der Waals surface area contributed by atoms with E-state index in [1.807, 2.05) is 58.0 Å². The Morgan fingerprint density at radius 3 is 2.46 bits per heavy atom. The molecule has 0 spiro atoms. The molecule has 0 saturated heterocycles. The van der Waals surface area contributed by atoms with E-state index in [0.29, 0.717) is 23.8 Å². The number of benzene rings is 1. The van der Waals surface area contributed by atoms with E-state index in [2.05, 4.69) is 15.1 Å². The van der Waals surface area contributed by atoms with Crippen LogP contribution in [0.1, 0.15) is 33.5 Å². The van der Waals surface area contributed by atoms with Crippen LogP contribution in [0.4, 0.5) is 0 Å². The molecule has 0 aliphatic heterocycles. The zero-order chi connectivity index (χ0) is 17.5. The molecule has 0 amide bonds. The lowest BCUT2D eigenvalue weighted by molar-refractivity contribution is 0.403. The summed E-state index contributed by atoms with van der Waals surface area (Å²) in [5.74, 6) is 1.75. The minimum atomic E-state index is 0.503. The maximum absolute atomic E-state index is 5.90. The van der Waals surface area contributed by atoms with Crippen molar-refractivity contribution in [3.05, 3.63) is 53.4 Å². The summed E-state index contributed by atoms with van der Waals surface area (Å²) in [6.45, 7) is 8.76. The lowest BCUT2D eigenvalue weighted by Crippen LogP contribution is -2.14. The van der Waals surface area contributed by atoms with E-state index in [1.54, 1.807) is 13.2 Å². The number of para-hydroxylation sites is 1. The van der Waals surface area contributed by atoms with Gasteiger partial charge in [0, 0.05) is 24.9 Å². The van der Waals surface area contributed by atoms with Crippen LogP contribution in [0.2, 0.25) is 0 Å². The van der Waals surface area contributed by atoms with Gasteiger partial charge in [-0.3, -0.25) is 9.98 Å². The van der Waals surface area contributed by atoms with Crippen molar-refractivity contribution in [3.8, 4) is 11.5 Å². The van der Waals surface area contributed by atoms with E-state index < -0.39 is 0 Å². The molecule has 1 heterocycles. The minimum absolute atomic E-state index is 0.503. The number of rotatable bonds is 6. The van der Waals surface area contributed by atoms with Crippen molar-refractivity contribution in [2.24, 2.45) is 9.98 Å². The Morgan fingerprint density at radius 2 is 1.88 bits per heavy atom. The lowest BCUT2D eigenvalue weighted by Gasteiger charge is -2.12. The van der Waals surface area contributed by atoms with Crippen LogP contribution in [-0.4, -0.2) is 30.2 Å². The normalized spacial score (nSPS) is 12.2. The van der Waals surface area contributed by atoms with Gasteiger partial charge in [-0.15, -0.1) is 0 Å². The molecule has 0 saturated carbocycles. The van der Waals surface area contributed by atoms with Crippen molar-refractivity contribution in [2.45, 2.75) is 27.7 Å². The van der Waals surface area contributed by atoms with Gasteiger partial charge in [-0.25, -0.2) is 0 Å². The molecule has 0 unspecified atom stereocenters. The molecule has 1 aromatic heterocycles. The number of nitrogens with zero attached hydrogens (tertiary/aromatic N) is 3. The summed E-state index contributed by atoms with van der Waals surface area (Å²) in [6.07, 6.45) is 1.56. The maximum Gasteiger partial charge on any atom is 0.227 e. The zero-order valence-electron chi connectivity index (χ0n) is 14.8. The number of aliphatic imine (C=N–C) groups is 2. The Labute approximate surface area is 142 Å². The molecule has 0 aliphatic rings. The van der Waals surface area contributed by atoms with Gasteiger partial charge in [-0.1, -0.05) is 28.9 Å². The monoisotopic (exact) mass is 325 g/mol. The maximum atomic E-state index is 5.90. The van der Waals surface area contributed by atoms with Gasteiger partial charge >= 0.3 is 0 Å². The van der Waals surface area contributed by atoms with Crippen LogP contribution in [0.3, 0.4) is 0 Å². The molecular formula is C19H23N3O2. The van der Waals surface area contributed by atoms with E-state index in [-0.39, 0.29) is 0 Å². The van der Waals surface area contributed by atoms with E-state index in [4.69, 9.17) is 9.26 Å². The molecule has 2 aromatic rings. The first-order chi connectivity index (χ1) is 11.6. The van der Waals surface area contributed by atoms with Crippen molar-refractivity contribution in [3.63, 3.8) is 0 Å². The third-order valence-corrected chi connectivity index (χ3v) is 3.44. The van der Waals surface area contributed by atoms with E-state index in [0.717, 1.165) is 22.6 Å². The van der Waals surface area contributed by atoms with Crippen molar-refractivity contribution in [2.75, 3.05) is 13.6 Å². The van der Waals surface area contributed by atoms with Gasteiger partial charge in [-0.2, -0.15) is 0 Å². The molecule has 0 bridgehead atoms. The molecule has 2 rings (SSSR count). The van der Waals surface area contributed by atoms with Crippen LogP contribution in [-0.2, 0) is 0 Å². The summed E-state index contributed by atoms with van der Waals surface area (Å²) < 4.78 is 11.4. The first-order valence-electron chi connectivity index (χ1n) is 7.92. The molecule has 0 fully saturated rings. The molecular weight excluding hydrogens is 302 g/mol. The Kier molecular flexibility index (Phi) is 6.07. The van der Waals surface area contributed by atoms with E-state index >= 15 is 0 Å². The highest BCUT2D eigenvalue weighted by molar-refractivity contribution is 6.29. The van der Waals surface area contributed by atoms with E-state index in [9.17, 15) is 0 Å². The largest absolute Gasteiger partial charge is 0.451 e. The minimum Gasteiger partial charge on any atom is -0.451 e. The Morgan fingerprint density at radius 1 is 1.17 bits per heavy atom. The fourth-order valence-corrected chi connectivity index (χ4v) is 2.49. The van der Waals surface area contributed by atoms with Crippen molar-refractivity contribution in [1.29, 1.82) is 0 Å². The standard InChI is InChI=1S/C19H23N3O2/c1-6-21-14(4)17(13(2)3)18(20-5)19-16(12-22-24-19)23-15-10-8-7-9-11-15/h7-12H,6H2,1-5H3. The van der Waals surface area contributed by atoms with Gasteiger partial charge in [0.25, 0.3) is 0 Å². The second-order valence-corrected chi connectivity index (χ2v) is 5.44. The highest BCUT2D eigenvalue weighted by Crippen LogP contribution is 2.28. The Bertz CT molecular complexity index is 767. The van der Waals surface area contributed by atoms with Gasteiger partial charge in [0.1, 0.15) is 17.7 Å². The Hall–Kier alpha value is -2.69. The summed E-state index contributed by atoms with van der Waals surface area (Å²) in [7, 11) is 1.73. The zero-order valence-corrected chi connectivity index (χ0v) is 14.8. The van der Waals surface area contributed by atoms with Crippen LogP contribution >= 0.6 is 0 Å². The second kappa shape index (κ2) is 8.24. The third kappa shape index (κ3) is 3.98. The molecule has 5 nitrogen and oxygen atoms in total. The quantitative estimate of drug-likeness (QED) is 0.723. The molecule has 0 atom stereocenters. The number of hydrogen-bond donors (Lipinski definition) is 0. The first-order valence-corrected chi connectivity index (χ1v) is 7.92.